The molecule has 0 aliphatic carbocycles. The lowest BCUT2D eigenvalue weighted by atomic mass is 9.86. The van der Waals surface area contributed by atoms with Crippen LogP contribution in [0.1, 0.15) is 41.6 Å². The Morgan fingerprint density at radius 1 is 1.21 bits per heavy atom. The van der Waals surface area contributed by atoms with Crippen molar-refractivity contribution in [3.63, 3.8) is 0 Å². The summed E-state index contributed by atoms with van der Waals surface area (Å²) in [5.41, 5.74) is 0.425. The van der Waals surface area contributed by atoms with E-state index in [9.17, 15) is 13.6 Å². The molecule has 1 aromatic carbocycles. The van der Waals surface area contributed by atoms with Crippen molar-refractivity contribution < 1.29 is 18.3 Å². The van der Waals surface area contributed by atoms with Crippen molar-refractivity contribution >= 4 is 5.78 Å². The monoisotopic (exact) mass is 266 g/mol. The molecule has 2 aliphatic rings. The van der Waals surface area contributed by atoms with E-state index >= 15 is 0 Å². The van der Waals surface area contributed by atoms with E-state index < -0.39 is 11.6 Å². The van der Waals surface area contributed by atoms with Crippen LogP contribution < -0.4 is 0 Å². The van der Waals surface area contributed by atoms with Crippen LogP contribution in [0.4, 0.5) is 8.78 Å². The maximum Gasteiger partial charge on any atom is 0.166 e. The molecule has 102 valence electrons. The van der Waals surface area contributed by atoms with E-state index in [-0.39, 0.29) is 29.5 Å². The fourth-order valence-corrected chi connectivity index (χ4v) is 3.21. The number of rotatable bonds is 2. The van der Waals surface area contributed by atoms with Gasteiger partial charge in [-0.1, -0.05) is 0 Å². The van der Waals surface area contributed by atoms with E-state index in [1.165, 1.54) is 13.0 Å². The van der Waals surface area contributed by atoms with Crippen LogP contribution in [-0.4, -0.2) is 18.0 Å². The largest absolute Gasteiger partial charge is 0.375 e. The lowest BCUT2D eigenvalue weighted by Crippen LogP contribution is -2.30. The molecular weight excluding hydrogens is 250 g/mol. The van der Waals surface area contributed by atoms with Crippen LogP contribution in [-0.2, 0) is 4.74 Å². The van der Waals surface area contributed by atoms with Gasteiger partial charge < -0.3 is 4.74 Å². The van der Waals surface area contributed by atoms with Gasteiger partial charge in [0.05, 0.1) is 12.2 Å². The Hall–Kier alpha value is -1.29. The number of fused-ring (bicyclic) bond motifs is 2. The first-order chi connectivity index (χ1) is 9.06. The highest BCUT2D eigenvalue weighted by atomic mass is 19.2. The average Bonchev–Trinajstić information content (AvgIpc) is 2.74. The van der Waals surface area contributed by atoms with E-state index in [0.717, 1.165) is 18.9 Å². The summed E-state index contributed by atoms with van der Waals surface area (Å²) >= 11 is 0. The number of hydrogen-bond acceptors (Lipinski definition) is 2. The first-order valence-electron chi connectivity index (χ1n) is 6.70. The smallest absolute Gasteiger partial charge is 0.166 e. The molecule has 2 bridgehead atoms. The molecule has 2 nitrogen and oxygen atoms in total. The topological polar surface area (TPSA) is 26.3 Å². The Morgan fingerprint density at radius 3 is 2.47 bits per heavy atom. The van der Waals surface area contributed by atoms with Gasteiger partial charge >= 0.3 is 0 Å². The van der Waals surface area contributed by atoms with Gasteiger partial charge in [-0.3, -0.25) is 4.79 Å². The molecule has 19 heavy (non-hydrogen) atoms. The third-order valence-electron chi connectivity index (χ3n) is 4.27. The van der Waals surface area contributed by atoms with Gasteiger partial charge in [-0.05, 0) is 50.3 Å². The highest BCUT2D eigenvalue weighted by Crippen LogP contribution is 2.37. The number of hydrogen-bond donors (Lipinski definition) is 0. The molecule has 2 atom stereocenters. The summed E-state index contributed by atoms with van der Waals surface area (Å²) in [6, 6.07) is 2.43. The number of benzene rings is 1. The van der Waals surface area contributed by atoms with Gasteiger partial charge in [-0.2, -0.15) is 0 Å². The van der Waals surface area contributed by atoms with E-state index in [4.69, 9.17) is 4.74 Å². The van der Waals surface area contributed by atoms with Crippen LogP contribution in [0.2, 0.25) is 0 Å². The van der Waals surface area contributed by atoms with Crippen molar-refractivity contribution in [1.29, 1.82) is 0 Å². The zero-order chi connectivity index (χ0) is 13.6. The number of carbonyl (C=O) groups excluding carboxylic acids is 1. The zero-order valence-corrected chi connectivity index (χ0v) is 10.8. The molecule has 2 heterocycles. The minimum absolute atomic E-state index is 0.0726. The Labute approximate surface area is 110 Å². The molecule has 0 radical (unpaired) electrons. The fraction of sp³-hybridized carbons (Fsp3) is 0.533. The number of carbonyl (C=O) groups is 1. The Kier molecular flexibility index (Phi) is 3.13. The molecule has 0 spiro atoms. The van der Waals surface area contributed by atoms with Crippen LogP contribution in [0.25, 0.3) is 0 Å². The SMILES string of the molecule is Cc1c(C(=O)C2CC3CCC(C2)O3)ccc(F)c1F. The second-order valence-electron chi connectivity index (χ2n) is 5.52. The molecule has 0 aromatic heterocycles. The van der Waals surface area contributed by atoms with E-state index in [0.29, 0.717) is 18.4 Å². The molecule has 0 amide bonds. The van der Waals surface area contributed by atoms with Gasteiger partial charge in [0.25, 0.3) is 0 Å². The summed E-state index contributed by atoms with van der Waals surface area (Å²) in [5.74, 6) is -2.01. The van der Waals surface area contributed by atoms with E-state index in [1.807, 2.05) is 0 Å². The van der Waals surface area contributed by atoms with Crippen LogP contribution in [0.15, 0.2) is 12.1 Å². The second kappa shape index (κ2) is 4.67. The summed E-state index contributed by atoms with van der Waals surface area (Å²) in [6.45, 7) is 1.46. The summed E-state index contributed by atoms with van der Waals surface area (Å²) in [6.07, 6.45) is 3.74. The van der Waals surface area contributed by atoms with Gasteiger partial charge in [-0.15, -0.1) is 0 Å². The van der Waals surface area contributed by atoms with E-state index in [2.05, 4.69) is 0 Å². The van der Waals surface area contributed by atoms with Gasteiger partial charge in [0.15, 0.2) is 17.4 Å². The predicted octanol–water partition coefficient (Wildman–Crippen LogP) is 3.41. The van der Waals surface area contributed by atoms with Crippen LogP contribution in [0, 0.1) is 24.5 Å². The number of halogens is 2. The summed E-state index contributed by atoms with van der Waals surface area (Å²) < 4.78 is 32.3. The average molecular weight is 266 g/mol. The van der Waals surface area contributed by atoms with Crippen molar-refractivity contribution in [3.8, 4) is 0 Å². The molecule has 0 N–H and O–H groups in total. The van der Waals surface area contributed by atoms with Gasteiger partial charge in [0, 0.05) is 11.5 Å². The molecule has 4 heteroatoms. The van der Waals surface area contributed by atoms with Crippen LogP contribution >= 0.6 is 0 Å². The Morgan fingerprint density at radius 2 is 1.84 bits per heavy atom. The molecule has 2 saturated heterocycles. The highest BCUT2D eigenvalue weighted by Gasteiger charge is 2.38. The molecule has 2 fully saturated rings. The van der Waals surface area contributed by atoms with Gasteiger partial charge in [0.1, 0.15) is 0 Å². The number of ketones is 1. The molecular formula is C15H16F2O2. The van der Waals surface area contributed by atoms with Crippen molar-refractivity contribution in [2.45, 2.75) is 44.8 Å². The molecule has 0 saturated carbocycles. The lowest BCUT2D eigenvalue weighted by Gasteiger charge is -2.27. The van der Waals surface area contributed by atoms with Gasteiger partial charge in [0.2, 0.25) is 0 Å². The van der Waals surface area contributed by atoms with Crippen molar-refractivity contribution in [3.05, 3.63) is 34.9 Å². The third-order valence-corrected chi connectivity index (χ3v) is 4.27. The lowest BCUT2D eigenvalue weighted by molar-refractivity contribution is -0.0149. The zero-order valence-electron chi connectivity index (χ0n) is 10.8. The minimum Gasteiger partial charge on any atom is -0.375 e. The third kappa shape index (κ3) is 2.18. The van der Waals surface area contributed by atoms with Crippen molar-refractivity contribution in [2.24, 2.45) is 5.92 Å². The first kappa shape index (κ1) is 12.7. The molecule has 2 aliphatic heterocycles. The predicted molar refractivity (Wildman–Crippen MR) is 66.0 cm³/mol. The van der Waals surface area contributed by atoms with Crippen molar-refractivity contribution in [1.82, 2.24) is 0 Å². The van der Waals surface area contributed by atoms with Crippen LogP contribution in [0.5, 0.6) is 0 Å². The number of Topliss-reactive ketones (excluding diaryl/α,β-unsaturated/α-hetero) is 1. The Bertz CT molecular complexity index is 515. The highest BCUT2D eigenvalue weighted by molar-refractivity contribution is 5.99. The summed E-state index contributed by atoms with van der Waals surface area (Å²) in [7, 11) is 0. The first-order valence-corrected chi connectivity index (χ1v) is 6.70. The molecule has 3 rings (SSSR count). The quantitative estimate of drug-likeness (QED) is 0.767. The fourth-order valence-electron chi connectivity index (χ4n) is 3.21. The molecule has 2 unspecified atom stereocenters. The minimum atomic E-state index is -0.916. The molecule has 1 aromatic rings. The summed E-state index contributed by atoms with van der Waals surface area (Å²) in [4.78, 5) is 12.5. The van der Waals surface area contributed by atoms with Crippen molar-refractivity contribution in [2.75, 3.05) is 0 Å². The van der Waals surface area contributed by atoms with Gasteiger partial charge in [-0.25, -0.2) is 8.78 Å². The maximum atomic E-state index is 13.5. The second-order valence-corrected chi connectivity index (χ2v) is 5.52. The normalized spacial score (nSPS) is 29.5. The summed E-state index contributed by atoms with van der Waals surface area (Å²) in [5, 5.41) is 0. The van der Waals surface area contributed by atoms with Crippen LogP contribution in [0.3, 0.4) is 0 Å². The van der Waals surface area contributed by atoms with E-state index in [1.54, 1.807) is 0 Å². The number of ether oxygens (including phenoxy) is 1. The standard InChI is InChI=1S/C15H16F2O2/c1-8-12(4-5-13(16)14(8)17)15(18)9-6-10-2-3-11(7-9)19-10/h4-5,9-11H,2-3,6-7H2,1H3. The maximum absolute atomic E-state index is 13.5. The Balaban J connectivity index is 1.86.